The van der Waals surface area contributed by atoms with Crippen LogP contribution in [0.25, 0.3) is 0 Å². The fraction of sp³-hybridized carbons (Fsp3) is 0.364. The van der Waals surface area contributed by atoms with Crippen molar-refractivity contribution >= 4 is 17.5 Å². The van der Waals surface area contributed by atoms with E-state index in [4.69, 9.17) is 16.3 Å². The first-order valence-corrected chi connectivity index (χ1v) is 5.50. The highest BCUT2D eigenvalue weighted by atomic mass is 35.5. The lowest BCUT2D eigenvalue weighted by atomic mass is 10.3. The van der Waals surface area contributed by atoms with Crippen LogP contribution < -0.4 is 15.4 Å². The van der Waals surface area contributed by atoms with Crippen LogP contribution in [0.2, 0.25) is 5.02 Å². The molecule has 1 rings (SSSR count). The molecule has 4 nitrogen and oxygen atoms in total. The van der Waals surface area contributed by atoms with Crippen LogP contribution in [-0.2, 0) is 4.79 Å². The molecule has 0 saturated carbocycles. The second-order valence-corrected chi connectivity index (χ2v) is 3.72. The maximum absolute atomic E-state index is 12.7. The van der Waals surface area contributed by atoms with Crippen molar-refractivity contribution in [3.05, 3.63) is 29.0 Å². The van der Waals surface area contributed by atoms with Crippen LogP contribution in [0.5, 0.6) is 5.75 Å². The minimum atomic E-state index is -0.444. The number of rotatable bonds is 6. The van der Waals surface area contributed by atoms with Crippen LogP contribution in [0.15, 0.2) is 18.2 Å². The quantitative estimate of drug-likeness (QED) is 0.756. The van der Waals surface area contributed by atoms with Crippen LogP contribution in [0, 0.1) is 5.82 Å². The summed E-state index contributed by atoms with van der Waals surface area (Å²) in [5.74, 6) is -0.404. The Hall–Kier alpha value is -1.33. The van der Waals surface area contributed by atoms with Gasteiger partial charge in [-0.3, -0.25) is 4.79 Å². The van der Waals surface area contributed by atoms with Gasteiger partial charge in [0.15, 0.2) is 6.61 Å². The maximum atomic E-state index is 12.7. The van der Waals surface area contributed by atoms with E-state index in [2.05, 4.69) is 10.6 Å². The number of amides is 1. The average Bonchev–Trinajstić information content (AvgIpc) is 2.28. The number of hydrogen-bond acceptors (Lipinski definition) is 3. The largest absolute Gasteiger partial charge is 0.482 e. The summed E-state index contributed by atoms with van der Waals surface area (Å²) < 4.78 is 17.9. The zero-order chi connectivity index (χ0) is 12.7. The van der Waals surface area contributed by atoms with Crippen LogP contribution >= 0.6 is 11.6 Å². The van der Waals surface area contributed by atoms with Crippen molar-refractivity contribution < 1.29 is 13.9 Å². The number of benzene rings is 1. The molecule has 0 heterocycles. The molecule has 0 saturated heterocycles. The third kappa shape index (κ3) is 5.01. The number of halogens is 2. The van der Waals surface area contributed by atoms with Crippen molar-refractivity contribution in [2.45, 2.75) is 0 Å². The standard InChI is InChI=1S/C11H14ClFN2O2/c1-14-4-5-15-11(16)7-17-10-3-2-8(13)6-9(10)12/h2-3,6,14H,4-5,7H2,1H3,(H,15,16). The summed E-state index contributed by atoms with van der Waals surface area (Å²) in [6, 6.07) is 3.74. The highest BCUT2D eigenvalue weighted by Crippen LogP contribution is 2.24. The van der Waals surface area contributed by atoms with Crippen LogP contribution in [0.4, 0.5) is 4.39 Å². The first-order valence-electron chi connectivity index (χ1n) is 5.12. The Morgan fingerprint density at radius 1 is 1.47 bits per heavy atom. The van der Waals surface area contributed by atoms with E-state index in [-0.39, 0.29) is 23.3 Å². The molecule has 0 bridgehead atoms. The summed E-state index contributed by atoms with van der Waals surface area (Å²) in [6.45, 7) is 1.06. The molecule has 0 fully saturated rings. The molecule has 0 aliphatic carbocycles. The minimum absolute atomic E-state index is 0.144. The van der Waals surface area contributed by atoms with Gasteiger partial charge < -0.3 is 15.4 Å². The van der Waals surface area contributed by atoms with Crippen molar-refractivity contribution in [2.24, 2.45) is 0 Å². The zero-order valence-electron chi connectivity index (χ0n) is 9.43. The van der Waals surface area contributed by atoms with Gasteiger partial charge in [0.2, 0.25) is 0 Å². The Labute approximate surface area is 104 Å². The summed E-state index contributed by atoms with van der Waals surface area (Å²) in [6.07, 6.45) is 0. The summed E-state index contributed by atoms with van der Waals surface area (Å²) in [5.41, 5.74) is 0. The Kier molecular flexibility index (Phi) is 5.72. The van der Waals surface area contributed by atoms with Crippen LogP contribution in [0.1, 0.15) is 0 Å². The number of nitrogens with one attached hydrogen (secondary N) is 2. The van der Waals surface area contributed by atoms with Crippen molar-refractivity contribution in [1.29, 1.82) is 0 Å². The lowest BCUT2D eigenvalue weighted by Gasteiger charge is -2.08. The lowest BCUT2D eigenvalue weighted by Crippen LogP contribution is -2.33. The van der Waals surface area contributed by atoms with Gasteiger partial charge in [-0.1, -0.05) is 11.6 Å². The van der Waals surface area contributed by atoms with E-state index >= 15 is 0 Å². The van der Waals surface area contributed by atoms with Crippen molar-refractivity contribution in [2.75, 3.05) is 26.7 Å². The monoisotopic (exact) mass is 260 g/mol. The second-order valence-electron chi connectivity index (χ2n) is 3.32. The van der Waals surface area contributed by atoms with Crippen LogP contribution in [0.3, 0.4) is 0 Å². The molecular formula is C11H14ClFN2O2. The van der Waals surface area contributed by atoms with Gasteiger partial charge in [-0.25, -0.2) is 4.39 Å². The molecule has 0 radical (unpaired) electrons. The van der Waals surface area contributed by atoms with Gasteiger partial charge in [-0.05, 0) is 25.2 Å². The van der Waals surface area contributed by atoms with Crippen LogP contribution in [-0.4, -0.2) is 32.7 Å². The first-order chi connectivity index (χ1) is 8.13. The van der Waals surface area contributed by atoms with E-state index in [1.54, 1.807) is 7.05 Å². The molecule has 2 N–H and O–H groups in total. The number of carbonyl (C=O) groups excluding carboxylic acids is 1. The molecule has 6 heteroatoms. The summed E-state index contributed by atoms with van der Waals surface area (Å²) in [5, 5.41) is 5.68. The lowest BCUT2D eigenvalue weighted by molar-refractivity contribution is -0.123. The molecule has 0 aliphatic heterocycles. The fourth-order valence-electron chi connectivity index (χ4n) is 1.11. The molecule has 0 aromatic heterocycles. The van der Waals surface area contributed by atoms with Crippen molar-refractivity contribution in [3.63, 3.8) is 0 Å². The van der Waals surface area contributed by atoms with E-state index in [9.17, 15) is 9.18 Å². The highest BCUT2D eigenvalue weighted by molar-refractivity contribution is 6.32. The fourth-order valence-corrected chi connectivity index (χ4v) is 1.34. The van der Waals surface area contributed by atoms with E-state index in [1.807, 2.05) is 0 Å². The highest BCUT2D eigenvalue weighted by Gasteiger charge is 2.06. The van der Waals surface area contributed by atoms with Gasteiger partial charge in [0, 0.05) is 13.1 Å². The third-order valence-corrected chi connectivity index (χ3v) is 2.25. The van der Waals surface area contributed by atoms with Gasteiger partial charge >= 0.3 is 0 Å². The van der Waals surface area contributed by atoms with E-state index in [1.165, 1.54) is 12.1 Å². The SMILES string of the molecule is CNCCNC(=O)COc1ccc(F)cc1Cl. The first kappa shape index (κ1) is 13.7. The Bertz CT molecular complexity index is 388. The number of ether oxygens (including phenoxy) is 1. The van der Waals surface area contributed by atoms with E-state index in [0.29, 0.717) is 13.1 Å². The molecule has 0 atom stereocenters. The third-order valence-electron chi connectivity index (χ3n) is 1.95. The van der Waals surface area contributed by atoms with Gasteiger partial charge in [-0.15, -0.1) is 0 Å². The van der Waals surface area contributed by atoms with Crippen molar-refractivity contribution in [3.8, 4) is 5.75 Å². The van der Waals surface area contributed by atoms with E-state index in [0.717, 1.165) is 6.07 Å². The molecule has 0 spiro atoms. The zero-order valence-corrected chi connectivity index (χ0v) is 10.2. The molecule has 1 aromatic carbocycles. The molecule has 94 valence electrons. The van der Waals surface area contributed by atoms with Gasteiger partial charge in [0.05, 0.1) is 5.02 Å². The van der Waals surface area contributed by atoms with E-state index < -0.39 is 5.82 Å². The minimum Gasteiger partial charge on any atom is -0.482 e. The van der Waals surface area contributed by atoms with Gasteiger partial charge in [0.1, 0.15) is 11.6 Å². The normalized spacial score (nSPS) is 10.1. The Morgan fingerprint density at radius 2 is 2.24 bits per heavy atom. The summed E-state index contributed by atoms with van der Waals surface area (Å²) in [4.78, 5) is 11.3. The second kappa shape index (κ2) is 7.09. The molecule has 0 unspecified atom stereocenters. The molecule has 1 aromatic rings. The summed E-state index contributed by atoms with van der Waals surface area (Å²) in [7, 11) is 1.79. The average molecular weight is 261 g/mol. The Balaban J connectivity index is 2.37. The predicted molar refractivity (Wildman–Crippen MR) is 63.8 cm³/mol. The topological polar surface area (TPSA) is 50.4 Å². The predicted octanol–water partition coefficient (Wildman–Crippen LogP) is 1.19. The van der Waals surface area contributed by atoms with Gasteiger partial charge in [-0.2, -0.15) is 0 Å². The smallest absolute Gasteiger partial charge is 0.257 e. The maximum Gasteiger partial charge on any atom is 0.257 e. The number of hydrogen-bond donors (Lipinski definition) is 2. The molecular weight excluding hydrogens is 247 g/mol. The number of carbonyl (C=O) groups is 1. The number of likely N-dealkylation sites (N-methyl/N-ethyl adjacent to an activating group) is 1. The molecule has 0 aliphatic rings. The summed E-state index contributed by atoms with van der Waals surface area (Å²) >= 11 is 5.73. The van der Waals surface area contributed by atoms with Gasteiger partial charge in [0.25, 0.3) is 5.91 Å². The van der Waals surface area contributed by atoms with Crippen molar-refractivity contribution in [1.82, 2.24) is 10.6 Å². The molecule has 1 amide bonds. The Morgan fingerprint density at radius 3 is 2.88 bits per heavy atom. The molecule has 17 heavy (non-hydrogen) atoms.